The van der Waals surface area contributed by atoms with Gasteiger partial charge < -0.3 is 4.74 Å². The van der Waals surface area contributed by atoms with Gasteiger partial charge in [0.2, 0.25) is 0 Å². The molecule has 0 radical (unpaired) electrons. The summed E-state index contributed by atoms with van der Waals surface area (Å²) in [6, 6.07) is 0.285. The van der Waals surface area contributed by atoms with Crippen LogP contribution in [0.25, 0.3) is 0 Å². The van der Waals surface area contributed by atoms with Crippen LogP contribution in [-0.4, -0.2) is 32.9 Å². The van der Waals surface area contributed by atoms with Crippen molar-refractivity contribution < 1.29 is 4.74 Å². The van der Waals surface area contributed by atoms with Gasteiger partial charge in [0.25, 0.3) is 0 Å². The second-order valence-electron chi connectivity index (χ2n) is 4.69. The van der Waals surface area contributed by atoms with Crippen molar-refractivity contribution in [3.8, 4) is 0 Å². The van der Waals surface area contributed by atoms with E-state index < -0.39 is 0 Å². The molecule has 1 aliphatic carbocycles. The van der Waals surface area contributed by atoms with Gasteiger partial charge in [-0.25, -0.2) is 4.68 Å². The Bertz CT molecular complexity index is 365. The lowest BCUT2D eigenvalue weighted by atomic mass is 9.64. The van der Waals surface area contributed by atoms with E-state index in [-0.39, 0.29) is 17.6 Å². The molecule has 6 heteroatoms. The molecule has 0 bridgehead atoms. The van der Waals surface area contributed by atoms with Crippen LogP contribution >= 0.6 is 11.6 Å². The summed E-state index contributed by atoms with van der Waals surface area (Å²) in [5.41, 5.74) is 0.0617. The fourth-order valence-corrected chi connectivity index (χ4v) is 2.48. The lowest BCUT2D eigenvalue weighted by molar-refractivity contribution is -0.131. The molecule has 1 fully saturated rings. The number of ether oxygens (including phenoxy) is 1. The van der Waals surface area contributed by atoms with Crippen molar-refractivity contribution in [3.05, 3.63) is 5.82 Å². The van der Waals surface area contributed by atoms with E-state index in [0.717, 1.165) is 18.9 Å². The maximum Gasteiger partial charge on any atom is 0.166 e. The summed E-state index contributed by atoms with van der Waals surface area (Å²) >= 11 is 5.79. The standard InChI is InChI=1S/C10H17ClN4O/c1-4-16-8-5-7(10(8,2)3)15-9(6-11)12-13-14-15/h7-8H,4-6H2,1-3H3. The Morgan fingerprint density at radius 1 is 1.56 bits per heavy atom. The first kappa shape index (κ1) is 11.8. The first-order valence-electron chi connectivity index (χ1n) is 5.55. The fraction of sp³-hybridized carbons (Fsp3) is 0.900. The smallest absolute Gasteiger partial charge is 0.166 e. The van der Waals surface area contributed by atoms with Crippen LogP contribution in [0.2, 0.25) is 0 Å². The zero-order valence-electron chi connectivity index (χ0n) is 9.85. The lowest BCUT2D eigenvalue weighted by Crippen LogP contribution is -2.52. The third-order valence-electron chi connectivity index (χ3n) is 3.47. The van der Waals surface area contributed by atoms with Crippen molar-refractivity contribution in [2.24, 2.45) is 5.41 Å². The highest BCUT2D eigenvalue weighted by molar-refractivity contribution is 6.16. The Labute approximate surface area is 100 Å². The number of alkyl halides is 1. The Hall–Kier alpha value is -0.680. The Kier molecular flexibility index (Phi) is 3.17. The molecular weight excluding hydrogens is 228 g/mol. The number of hydrogen-bond acceptors (Lipinski definition) is 4. The van der Waals surface area contributed by atoms with Gasteiger partial charge in [-0.15, -0.1) is 16.7 Å². The molecule has 5 nitrogen and oxygen atoms in total. The van der Waals surface area contributed by atoms with Crippen molar-refractivity contribution in [3.63, 3.8) is 0 Å². The van der Waals surface area contributed by atoms with E-state index in [9.17, 15) is 0 Å². The normalized spacial score (nSPS) is 27.8. The van der Waals surface area contributed by atoms with E-state index >= 15 is 0 Å². The van der Waals surface area contributed by atoms with Gasteiger partial charge >= 0.3 is 0 Å². The van der Waals surface area contributed by atoms with Crippen molar-refractivity contribution in [1.29, 1.82) is 0 Å². The summed E-state index contributed by atoms with van der Waals surface area (Å²) in [6.45, 7) is 7.13. The number of hydrogen-bond donors (Lipinski definition) is 0. The average Bonchev–Trinajstić information content (AvgIpc) is 2.71. The van der Waals surface area contributed by atoms with Crippen molar-refractivity contribution in [1.82, 2.24) is 20.2 Å². The third-order valence-corrected chi connectivity index (χ3v) is 3.71. The van der Waals surface area contributed by atoms with Gasteiger partial charge in [0, 0.05) is 12.0 Å². The molecule has 0 aromatic carbocycles. The molecule has 1 aromatic rings. The minimum absolute atomic E-state index is 0.0617. The van der Waals surface area contributed by atoms with Crippen LogP contribution in [-0.2, 0) is 10.6 Å². The molecule has 90 valence electrons. The number of tetrazole rings is 1. The summed E-state index contributed by atoms with van der Waals surface area (Å²) in [5, 5.41) is 11.6. The molecule has 1 saturated carbocycles. The second kappa shape index (κ2) is 4.30. The molecule has 2 atom stereocenters. The number of aromatic nitrogens is 4. The van der Waals surface area contributed by atoms with Crippen LogP contribution in [0.15, 0.2) is 0 Å². The van der Waals surface area contributed by atoms with Crippen molar-refractivity contribution in [2.45, 2.75) is 45.2 Å². The molecule has 1 aliphatic rings. The highest BCUT2D eigenvalue weighted by atomic mass is 35.5. The van der Waals surface area contributed by atoms with Crippen molar-refractivity contribution >= 4 is 11.6 Å². The topological polar surface area (TPSA) is 52.8 Å². The molecule has 2 unspecified atom stereocenters. The van der Waals surface area contributed by atoms with Gasteiger partial charge in [-0.3, -0.25) is 0 Å². The average molecular weight is 245 g/mol. The molecule has 2 rings (SSSR count). The van der Waals surface area contributed by atoms with E-state index in [4.69, 9.17) is 16.3 Å². The molecule has 0 spiro atoms. The summed E-state index contributed by atoms with van der Waals surface area (Å²) in [7, 11) is 0. The maximum atomic E-state index is 5.79. The van der Waals surface area contributed by atoms with Crippen LogP contribution in [0.5, 0.6) is 0 Å². The van der Waals surface area contributed by atoms with E-state index in [1.165, 1.54) is 0 Å². The second-order valence-corrected chi connectivity index (χ2v) is 4.96. The number of halogens is 1. The summed E-state index contributed by atoms with van der Waals surface area (Å²) in [6.07, 6.45) is 1.24. The Morgan fingerprint density at radius 2 is 2.31 bits per heavy atom. The van der Waals surface area contributed by atoms with Gasteiger partial charge in [-0.1, -0.05) is 13.8 Å². The molecule has 0 amide bonds. The Balaban J connectivity index is 2.14. The highest BCUT2D eigenvalue weighted by Crippen LogP contribution is 2.51. The zero-order valence-corrected chi connectivity index (χ0v) is 10.6. The van der Waals surface area contributed by atoms with Crippen molar-refractivity contribution in [2.75, 3.05) is 6.61 Å². The zero-order chi connectivity index (χ0) is 11.8. The third kappa shape index (κ3) is 1.72. The largest absolute Gasteiger partial charge is 0.378 e. The first-order valence-corrected chi connectivity index (χ1v) is 6.09. The molecule has 16 heavy (non-hydrogen) atoms. The quantitative estimate of drug-likeness (QED) is 0.758. The van der Waals surface area contributed by atoms with Crippen LogP contribution < -0.4 is 0 Å². The minimum Gasteiger partial charge on any atom is -0.378 e. The molecule has 1 aromatic heterocycles. The lowest BCUT2D eigenvalue weighted by Gasteiger charge is -2.51. The molecular formula is C10H17ClN4O. The summed E-state index contributed by atoms with van der Waals surface area (Å²) in [5.74, 6) is 1.08. The van der Waals surface area contributed by atoms with Crippen LogP contribution in [0.4, 0.5) is 0 Å². The van der Waals surface area contributed by atoms with E-state index in [0.29, 0.717) is 5.88 Å². The first-order chi connectivity index (χ1) is 7.61. The van der Waals surface area contributed by atoms with Gasteiger partial charge in [-0.2, -0.15) is 0 Å². The van der Waals surface area contributed by atoms with E-state index in [1.807, 2.05) is 11.6 Å². The Morgan fingerprint density at radius 3 is 2.88 bits per heavy atom. The van der Waals surface area contributed by atoms with Crippen LogP contribution in [0.3, 0.4) is 0 Å². The predicted octanol–water partition coefficient (Wildman–Crippen LogP) is 1.79. The molecule has 0 saturated heterocycles. The molecule has 1 heterocycles. The molecule has 0 aliphatic heterocycles. The van der Waals surface area contributed by atoms with Gasteiger partial charge in [0.15, 0.2) is 5.82 Å². The summed E-state index contributed by atoms with van der Waals surface area (Å²) < 4.78 is 7.52. The van der Waals surface area contributed by atoms with Gasteiger partial charge in [0.05, 0.1) is 18.0 Å². The predicted molar refractivity (Wildman–Crippen MR) is 60.2 cm³/mol. The van der Waals surface area contributed by atoms with Crippen LogP contribution in [0, 0.1) is 5.41 Å². The van der Waals surface area contributed by atoms with Crippen LogP contribution in [0.1, 0.15) is 39.1 Å². The van der Waals surface area contributed by atoms with E-state index in [2.05, 4.69) is 29.4 Å². The fourth-order valence-electron chi connectivity index (χ4n) is 2.31. The molecule has 0 N–H and O–H groups in total. The maximum absolute atomic E-state index is 5.79. The van der Waals surface area contributed by atoms with Gasteiger partial charge in [0.1, 0.15) is 0 Å². The highest BCUT2D eigenvalue weighted by Gasteiger charge is 2.51. The number of nitrogens with zero attached hydrogens (tertiary/aromatic N) is 4. The number of rotatable bonds is 4. The van der Waals surface area contributed by atoms with E-state index in [1.54, 1.807) is 0 Å². The SMILES string of the molecule is CCOC1CC(n2nnnc2CCl)C1(C)C. The summed E-state index contributed by atoms with van der Waals surface area (Å²) in [4.78, 5) is 0. The monoisotopic (exact) mass is 244 g/mol. The van der Waals surface area contributed by atoms with Gasteiger partial charge in [-0.05, 0) is 23.8 Å². The minimum atomic E-state index is 0.0617.